The van der Waals surface area contributed by atoms with E-state index < -0.39 is 24.8 Å². The van der Waals surface area contributed by atoms with Crippen molar-refractivity contribution in [2.45, 2.75) is 25.4 Å². The highest BCUT2D eigenvalue weighted by atomic mass is 19.1. The molecule has 2 N–H and O–H groups in total. The van der Waals surface area contributed by atoms with E-state index in [1.54, 1.807) is 46.8 Å². The number of imidazole rings is 1. The Morgan fingerprint density at radius 3 is 2.91 bits per heavy atom. The Kier molecular flexibility index (Phi) is 6.87. The van der Waals surface area contributed by atoms with E-state index in [1.165, 1.54) is 13.2 Å². The Labute approximate surface area is 189 Å². The number of hydrogen-bond donors (Lipinski definition) is 2. The second-order valence-electron chi connectivity index (χ2n) is 7.85. The van der Waals surface area contributed by atoms with Gasteiger partial charge in [0.25, 0.3) is 0 Å². The number of rotatable bonds is 6. The second kappa shape index (κ2) is 9.82. The third kappa shape index (κ3) is 4.68. The number of alkyl halides is 1. The molecule has 1 aliphatic rings. The van der Waals surface area contributed by atoms with Crippen LogP contribution in [0.25, 0.3) is 16.9 Å². The van der Waals surface area contributed by atoms with Crippen LogP contribution in [0.5, 0.6) is 0 Å². The summed E-state index contributed by atoms with van der Waals surface area (Å²) >= 11 is 0. The van der Waals surface area contributed by atoms with E-state index in [9.17, 15) is 14.3 Å². The zero-order valence-electron chi connectivity index (χ0n) is 18.4. The number of halogens is 2. The van der Waals surface area contributed by atoms with Crippen molar-refractivity contribution in [3.63, 3.8) is 0 Å². The Bertz CT molecular complexity index is 1150. The van der Waals surface area contributed by atoms with Crippen LogP contribution in [-0.4, -0.2) is 65.4 Å². The fourth-order valence-electron chi connectivity index (χ4n) is 4.05. The highest BCUT2D eigenvalue weighted by Crippen LogP contribution is 2.30. The normalized spacial score (nSPS) is 17.4. The third-order valence-electron chi connectivity index (χ3n) is 5.77. The minimum atomic E-state index is -0.999. The van der Waals surface area contributed by atoms with Crippen LogP contribution in [-0.2, 0) is 22.6 Å². The Morgan fingerprint density at radius 1 is 1.39 bits per heavy atom. The maximum atomic E-state index is 15.1. The number of hydrogen-bond acceptors (Lipinski definition) is 6. The molecule has 1 fully saturated rings. The van der Waals surface area contributed by atoms with Gasteiger partial charge in [-0.2, -0.15) is 0 Å². The molecule has 1 unspecified atom stereocenters. The average Bonchev–Trinajstić information content (AvgIpc) is 3.19. The first-order chi connectivity index (χ1) is 15.9. The fraction of sp³-hybridized carbons (Fsp3) is 0.391. The lowest BCUT2D eigenvalue weighted by atomic mass is 10.0. The fourth-order valence-corrected chi connectivity index (χ4v) is 4.05. The zero-order valence-corrected chi connectivity index (χ0v) is 18.4. The number of nitrogens with zero attached hydrogens (tertiary/aromatic N) is 3. The molecule has 1 aromatic carbocycles. The van der Waals surface area contributed by atoms with Gasteiger partial charge in [0.2, 0.25) is 0 Å². The summed E-state index contributed by atoms with van der Waals surface area (Å²) in [6.45, 7) is 0.451. The van der Waals surface area contributed by atoms with Crippen molar-refractivity contribution in [3.05, 3.63) is 59.2 Å². The molecular formula is C23H26F2N4O4. The van der Waals surface area contributed by atoms with Gasteiger partial charge in [-0.1, -0.05) is 6.07 Å². The quantitative estimate of drug-likeness (QED) is 0.550. The molecule has 0 saturated carbocycles. The molecule has 0 radical (unpaired) electrons. The van der Waals surface area contributed by atoms with Crippen LogP contribution in [0.2, 0.25) is 0 Å². The van der Waals surface area contributed by atoms with Gasteiger partial charge in [0.15, 0.2) is 0 Å². The largest absolute Gasteiger partial charge is 0.453 e. The summed E-state index contributed by atoms with van der Waals surface area (Å²) in [7, 11) is 2.90. The number of fused-ring (bicyclic) bond motifs is 1. The van der Waals surface area contributed by atoms with E-state index in [-0.39, 0.29) is 11.7 Å². The van der Waals surface area contributed by atoms with Gasteiger partial charge < -0.3 is 23.9 Å². The van der Waals surface area contributed by atoms with Crippen molar-refractivity contribution in [2.75, 3.05) is 33.9 Å². The van der Waals surface area contributed by atoms with Gasteiger partial charge >= 0.3 is 6.09 Å². The minimum absolute atomic E-state index is 0.253. The molecule has 2 atom stereocenters. The van der Waals surface area contributed by atoms with Crippen LogP contribution < -0.4 is 5.32 Å². The topological polar surface area (TPSA) is 88.3 Å². The summed E-state index contributed by atoms with van der Waals surface area (Å²) in [6, 6.07) is 7.71. The summed E-state index contributed by atoms with van der Waals surface area (Å²) in [5.74, 6) is -0.544. The van der Waals surface area contributed by atoms with Gasteiger partial charge in [-0.25, -0.2) is 18.6 Å². The Balaban J connectivity index is 1.75. The number of aromatic nitrogens is 2. The number of methoxy groups -OCH3 is 1. The number of aliphatic hydroxyl groups is 1. The lowest BCUT2D eigenvalue weighted by Gasteiger charge is -2.32. The first-order valence-electron chi connectivity index (χ1n) is 10.6. The molecule has 1 amide bonds. The number of carbonyl (C=O) groups is 1. The predicted octanol–water partition coefficient (Wildman–Crippen LogP) is 2.83. The summed E-state index contributed by atoms with van der Waals surface area (Å²) in [4.78, 5) is 18.1. The predicted molar refractivity (Wildman–Crippen MR) is 117 cm³/mol. The molecule has 3 heterocycles. The maximum Gasteiger partial charge on any atom is 0.409 e. The molecule has 0 bridgehead atoms. The SMILES string of the molecule is CNC(O)c1ccc(-c2nc3cc(CF)ccn3c2C[C@H]2CN(C(=O)OC)CCO2)c(F)c1. The molecule has 2 aromatic heterocycles. The number of nitrogens with one attached hydrogen (secondary N) is 1. The molecule has 1 saturated heterocycles. The van der Waals surface area contributed by atoms with Gasteiger partial charge in [-0.05, 0) is 42.4 Å². The summed E-state index contributed by atoms with van der Waals surface area (Å²) in [5.41, 5.74) is 2.65. The van der Waals surface area contributed by atoms with Crippen LogP contribution in [0.3, 0.4) is 0 Å². The van der Waals surface area contributed by atoms with E-state index in [4.69, 9.17) is 9.47 Å². The van der Waals surface area contributed by atoms with Crippen molar-refractivity contribution in [2.24, 2.45) is 0 Å². The average molecular weight is 460 g/mol. The molecular weight excluding hydrogens is 434 g/mol. The van der Waals surface area contributed by atoms with Crippen molar-refractivity contribution in [1.29, 1.82) is 0 Å². The van der Waals surface area contributed by atoms with Crippen molar-refractivity contribution in [3.8, 4) is 11.3 Å². The van der Waals surface area contributed by atoms with Crippen molar-refractivity contribution < 1.29 is 28.2 Å². The molecule has 4 rings (SSSR count). The molecule has 10 heteroatoms. The smallest absolute Gasteiger partial charge is 0.409 e. The van der Waals surface area contributed by atoms with Gasteiger partial charge in [-0.3, -0.25) is 5.32 Å². The van der Waals surface area contributed by atoms with Crippen LogP contribution in [0.1, 0.15) is 23.0 Å². The van der Waals surface area contributed by atoms with Crippen LogP contribution >= 0.6 is 0 Å². The summed E-state index contributed by atoms with van der Waals surface area (Å²) in [6.07, 6.45) is 0.263. The molecule has 3 aromatic rings. The van der Waals surface area contributed by atoms with Crippen molar-refractivity contribution >= 4 is 11.7 Å². The summed E-state index contributed by atoms with van der Waals surface area (Å²) < 4.78 is 40.8. The second-order valence-corrected chi connectivity index (χ2v) is 7.85. The Morgan fingerprint density at radius 2 is 2.21 bits per heavy atom. The van der Waals surface area contributed by atoms with Gasteiger partial charge in [0, 0.05) is 24.7 Å². The molecule has 0 aliphatic carbocycles. The number of ether oxygens (including phenoxy) is 2. The first-order valence-corrected chi connectivity index (χ1v) is 10.6. The summed E-state index contributed by atoms with van der Waals surface area (Å²) in [5, 5.41) is 12.6. The van der Waals surface area contributed by atoms with E-state index in [0.717, 1.165) is 0 Å². The monoisotopic (exact) mass is 460 g/mol. The number of amides is 1. The van der Waals surface area contributed by atoms with E-state index in [2.05, 4.69) is 10.3 Å². The van der Waals surface area contributed by atoms with E-state index in [1.807, 2.05) is 0 Å². The van der Waals surface area contributed by atoms with Gasteiger partial charge in [-0.15, -0.1) is 0 Å². The molecule has 1 aliphatic heterocycles. The van der Waals surface area contributed by atoms with Crippen molar-refractivity contribution in [1.82, 2.24) is 19.6 Å². The number of aliphatic hydroxyl groups excluding tert-OH is 1. The standard InChI is InChI=1S/C23H26F2N4O4/c1-26-22(30)15-3-4-17(18(25)10-15)21-19(29-6-5-14(12-24)9-20(29)27-21)11-16-13-28(7-8-33-16)23(31)32-2/h3-6,9-10,16,22,26,30H,7-8,11-13H2,1-2H3/t16-,22?/m0/s1. The highest BCUT2D eigenvalue weighted by Gasteiger charge is 2.28. The number of benzene rings is 1. The molecule has 0 spiro atoms. The van der Waals surface area contributed by atoms with Gasteiger partial charge in [0.1, 0.15) is 24.4 Å². The van der Waals surface area contributed by atoms with E-state index >= 15 is 4.39 Å². The Hall–Kier alpha value is -3.08. The van der Waals surface area contributed by atoms with E-state index in [0.29, 0.717) is 54.3 Å². The van der Waals surface area contributed by atoms with Crippen LogP contribution in [0.4, 0.5) is 13.6 Å². The van der Waals surface area contributed by atoms with Crippen LogP contribution in [0.15, 0.2) is 36.5 Å². The molecule has 33 heavy (non-hydrogen) atoms. The lowest BCUT2D eigenvalue weighted by Crippen LogP contribution is -2.46. The zero-order chi connectivity index (χ0) is 23.5. The number of pyridine rings is 1. The highest BCUT2D eigenvalue weighted by molar-refractivity contribution is 5.69. The third-order valence-corrected chi connectivity index (χ3v) is 5.77. The number of carbonyl (C=O) groups excluding carboxylic acids is 1. The minimum Gasteiger partial charge on any atom is -0.453 e. The maximum absolute atomic E-state index is 15.1. The van der Waals surface area contributed by atoms with Crippen LogP contribution in [0, 0.1) is 5.82 Å². The van der Waals surface area contributed by atoms with Gasteiger partial charge in [0.05, 0.1) is 37.8 Å². The lowest BCUT2D eigenvalue weighted by molar-refractivity contribution is -0.0241. The first kappa shape index (κ1) is 23.1. The molecule has 176 valence electrons. The number of morpholine rings is 1. The molecule has 8 nitrogen and oxygen atoms in total.